The molecule has 3 fully saturated rings. The zero-order chi connectivity index (χ0) is 54.9. The molecule has 19 nitrogen and oxygen atoms in total. The molecule has 5 N–H and O–H groups in total. The lowest BCUT2D eigenvalue weighted by Crippen LogP contribution is -2.44. The number of benzene rings is 5. The monoisotopic (exact) mass is 1100 g/mol. The van der Waals surface area contributed by atoms with Crippen LogP contribution < -0.4 is 25.7 Å². The minimum absolute atomic E-state index is 0.00880. The Labute approximate surface area is 447 Å². The SMILES string of the molecule is C[C@@H]1C[C@H](C)CN(S(=O)(=O)c2ccc3c(NO)c4ccc(S(=O)(=O)N5C[C@H](C)C[C@H](C)C5)cc4c(N=O)c3c2)C1.Cc1cnc(Nc2ccc(N3CCN(C)CC3)cc2)nc1Nc1cccc(S(=O)(=O)NC(C)(C)C)c1. The second-order valence-corrected chi connectivity index (χ2v) is 27.6. The van der Waals surface area contributed by atoms with Gasteiger partial charge in [0, 0.05) is 108 Å². The van der Waals surface area contributed by atoms with Crippen LogP contribution in [0, 0.1) is 35.5 Å². The second-order valence-electron chi connectivity index (χ2n) is 22.1. The van der Waals surface area contributed by atoms with E-state index in [0.29, 0.717) is 54.4 Å². The van der Waals surface area contributed by atoms with Gasteiger partial charge in [0.15, 0.2) is 0 Å². The topological polar surface area (TPSA) is 239 Å². The summed E-state index contributed by atoms with van der Waals surface area (Å²) in [4.78, 5) is 26.2. The summed E-state index contributed by atoms with van der Waals surface area (Å²) in [5.74, 6) is 1.91. The Bertz CT molecular complexity index is 3310. The molecule has 408 valence electrons. The minimum atomic E-state index is -3.87. The number of nitroso groups, excluding NO2 is 1. The van der Waals surface area contributed by atoms with Gasteiger partial charge in [-0.25, -0.2) is 35.0 Å². The first kappa shape index (κ1) is 56.4. The van der Waals surface area contributed by atoms with Gasteiger partial charge in [-0.1, -0.05) is 45.9 Å². The molecule has 9 rings (SSSR count). The van der Waals surface area contributed by atoms with E-state index < -0.39 is 35.6 Å². The number of aromatic nitrogens is 2. The number of nitrogens with one attached hydrogen (secondary N) is 4. The molecule has 0 unspecified atom stereocenters. The largest absolute Gasteiger partial charge is 0.369 e. The van der Waals surface area contributed by atoms with Crippen molar-refractivity contribution in [1.29, 1.82) is 0 Å². The number of hydrogen-bond acceptors (Lipinski definition) is 16. The van der Waals surface area contributed by atoms with Gasteiger partial charge in [-0.15, -0.1) is 4.91 Å². The molecule has 0 bridgehead atoms. The van der Waals surface area contributed by atoms with Crippen molar-refractivity contribution in [2.75, 3.05) is 80.4 Å². The maximum Gasteiger partial charge on any atom is 0.243 e. The molecule has 3 saturated heterocycles. The molecule has 0 radical (unpaired) electrons. The van der Waals surface area contributed by atoms with E-state index in [0.717, 1.165) is 50.3 Å². The number of likely N-dealkylation sites (N-methyl/N-ethyl adjacent to an activating group) is 1. The van der Waals surface area contributed by atoms with E-state index in [1.165, 1.54) is 50.7 Å². The Hall–Kier alpha value is -5.85. The number of fused-ring (bicyclic) bond motifs is 2. The number of hydrogen-bond donors (Lipinski definition) is 5. The highest BCUT2D eigenvalue weighted by Gasteiger charge is 2.34. The van der Waals surface area contributed by atoms with Crippen LogP contribution in [0.4, 0.5) is 40.2 Å². The minimum Gasteiger partial charge on any atom is -0.369 e. The number of anilines is 6. The summed E-state index contributed by atoms with van der Waals surface area (Å²) in [6.07, 6.45) is 3.62. The molecule has 3 aliphatic heterocycles. The number of rotatable bonds is 13. The quantitative estimate of drug-likeness (QED) is 0.0411. The molecule has 0 amide bonds. The van der Waals surface area contributed by atoms with Crippen LogP contribution in [-0.2, 0) is 30.1 Å². The van der Waals surface area contributed by atoms with Crippen LogP contribution in [-0.4, -0.2) is 119 Å². The summed E-state index contributed by atoms with van der Waals surface area (Å²) in [7, 11) is -9.24. The summed E-state index contributed by atoms with van der Waals surface area (Å²) >= 11 is 0. The highest BCUT2D eigenvalue weighted by Crippen LogP contribution is 2.44. The number of aryl methyl sites for hydroxylation is 1. The van der Waals surface area contributed by atoms with Crippen molar-refractivity contribution in [3.63, 3.8) is 0 Å². The van der Waals surface area contributed by atoms with E-state index in [9.17, 15) is 35.4 Å². The summed E-state index contributed by atoms with van der Waals surface area (Å²) in [5.41, 5.74) is 5.29. The van der Waals surface area contributed by atoms with Gasteiger partial charge in [-0.3, -0.25) is 10.7 Å². The standard InChI is InChI=1S/C28H36N4O6S2.C26H35N7O2S/c1-17-9-18(2)14-31(13-17)39(35,36)21-5-7-23-25(11-21)28(30-34)26-12-22(6-8-24(26)27(23)29-33)40(37,38)32-15-19(3)10-20(4)16-32;1-19-18-27-25(29-20-9-11-22(12-10-20)33-15-13-32(5)14-16-33)30-24(19)28-21-7-6-8-23(17-21)36(34,35)31-26(2,3)4/h5-8,11-12,17-20,29,33H,9-10,13-16H2,1-4H3;6-12,17-18,31H,13-16H2,1-5H3,(H2,27,28,29,30)/t17-,18+,19-,20+;. The molecular weight excluding hydrogens is 1030 g/mol. The summed E-state index contributed by atoms with van der Waals surface area (Å²) < 4.78 is 85.6. The first-order valence-electron chi connectivity index (χ1n) is 25.7. The third kappa shape index (κ3) is 12.8. The average molecular weight is 1100 g/mol. The van der Waals surface area contributed by atoms with Crippen molar-refractivity contribution in [2.24, 2.45) is 28.8 Å². The molecule has 76 heavy (non-hydrogen) atoms. The van der Waals surface area contributed by atoms with Gasteiger partial charge in [0.1, 0.15) is 11.5 Å². The van der Waals surface area contributed by atoms with Gasteiger partial charge >= 0.3 is 0 Å². The molecule has 0 spiro atoms. The fourth-order valence-electron chi connectivity index (χ4n) is 10.5. The van der Waals surface area contributed by atoms with Gasteiger partial charge in [0.25, 0.3) is 0 Å². The summed E-state index contributed by atoms with van der Waals surface area (Å²) in [6, 6.07) is 23.7. The number of piperidine rings is 2. The fourth-order valence-corrected chi connectivity index (χ4v) is 15.4. The number of sulfonamides is 3. The van der Waals surface area contributed by atoms with Gasteiger partial charge in [-0.2, -0.15) is 13.6 Å². The van der Waals surface area contributed by atoms with Crippen LogP contribution in [0.2, 0.25) is 0 Å². The van der Waals surface area contributed by atoms with E-state index >= 15 is 0 Å². The zero-order valence-electron chi connectivity index (χ0n) is 44.7. The predicted molar refractivity (Wildman–Crippen MR) is 302 cm³/mol. The summed E-state index contributed by atoms with van der Waals surface area (Å²) in [6.45, 7) is 21.2. The molecule has 1 aromatic heterocycles. The van der Waals surface area contributed by atoms with Crippen molar-refractivity contribution in [1.82, 2.24) is 28.2 Å². The smallest absolute Gasteiger partial charge is 0.243 e. The Morgan fingerprint density at radius 1 is 0.645 bits per heavy atom. The van der Waals surface area contributed by atoms with Gasteiger partial charge in [0.05, 0.1) is 20.4 Å². The van der Waals surface area contributed by atoms with Gasteiger partial charge < -0.3 is 20.4 Å². The van der Waals surface area contributed by atoms with Gasteiger partial charge in [0.2, 0.25) is 36.0 Å². The average Bonchev–Trinajstić information content (AvgIpc) is 3.37. The first-order valence-corrected chi connectivity index (χ1v) is 30.0. The molecule has 4 atom stereocenters. The molecule has 0 saturated carbocycles. The Kier molecular flexibility index (Phi) is 16.8. The Balaban J connectivity index is 0.000000203. The lowest BCUT2D eigenvalue weighted by Gasteiger charge is -2.34. The number of nitrogens with zero attached hydrogens (tertiary/aromatic N) is 7. The van der Waals surface area contributed by atoms with Crippen molar-refractivity contribution < 1.29 is 30.5 Å². The van der Waals surface area contributed by atoms with Crippen molar-refractivity contribution in [2.45, 2.75) is 88.5 Å². The molecule has 22 heteroatoms. The van der Waals surface area contributed by atoms with Crippen molar-refractivity contribution >= 4 is 91.8 Å². The van der Waals surface area contributed by atoms with Crippen LogP contribution in [0.15, 0.2) is 111 Å². The van der Waals surface area contributed by atoms with Crippen LogP contribution >= 0.6 is 0 Å². The Morgan fingerprint density at radius 2 is 1.17 bits per heavy atom. The lowest BCUT2D eigenvalue weighted by atomic mass is 9.94. The van der Waals surface area contributed by atoms with Crippen LogP contribution in [0.1, 0.15) is 66.9 Å². The summed E-state index contributed by atoms with van der Waals surface area (Å²) in [5, 5.41) is 21.0. The van der Waals surface area contributed by atoms with Crippen LogP contribution in [0.3, 0.4) is 0 Å². The molecule has 3 aliphatic rings. The third-order valence-electron chi connectivity index (χ3n) is 14.0. The molecule has 5 aromatic carbocycles. The third-order valence-corrected chi connectivity index (χ3v) is 19.4. The predicted octanol–water partition coefficient (Wildman–Crippen LogP) is 9.63. The van der Waals surface area contributed by atoms with E-state index in [1.807, 2.05) is 73.6 Å². The second kappa shape index (κ2) is 22.6. The fraction of sp³-hybridized carbons (Fsp3) is 0.444. The first-order chi connectivity index (χ1) is 35.8. The molecule has 6 aromatic rings. The van der Waals surface area contributed by atoms with Crippen LogP contribution in [0.25, 0.3) is 21.5 Å². The van der Waals surface area contributed by atoms with Gasteiger partial charge in [-0.05, 0) is 143 Å². The maximum absolute atomic E-state index is 13.6. The van der Waals surface area contributed by atoms with Crippen molar-refractivity contribution in [3.8, 4) is 0 Å². The molecule has 4 heterocycles. The van der Waals surface area contributed by atoms with E-state index in [-0.39, 0.29) is 60.5 Å². The maximum atomic E-state index is 13.6. The number of piperazine rings is 1. The lowest BCUT2D eigenvalue weighted by molar-refractivity contribution is 0.222. The van der Waals surface area contributed by atoms with E-state index in [4.69, 9.17) is 0 Å². The Morgan fingerprint density at radius 3 is 1.66 bits per heavy atom. The van der Waals surface area contributed by atoms with Crippen molar-refractivity contribution in [3.05, 3.63) is 102 Å². The van der Waals surface area contributed by atoms with E-state index in [2.05, 4.69) is 65.0 Å². The highest BCUT2D eigenvalue weighted by molar-refractivity contribution is 7.90. The zero-order valence-corrected chi connectivity index (χ0v) is 47.2. The van der Waals surface area contributed by atoms with E-state index in [1.54, 1.807) is 24.4 Å². The molecular formula is C54H71N11O8S3. The van der Waals surface area contributed by atoms with Crippen LogP contribution in [0.5, 0.6) is 0 Å². The highest BCUT2D eigenvalue weighted by atomic mass is 32.2. The normalized spacial score (nSPS) is 20.5. The molecule has 0 aliphatic carbocycles.